The van der Waals surface area contributed by atoms with Crippen LogP contribution < -0.4 is 0 Å². The number of benzene rings is 1. The number of hydrogen-bond acceptors (Lipinski definition) is 1. The van der Waals surface area contributed by atoms with Crippen molar-refractivity contribution in [1.29, 1.82) is 0 Å². The SMILES string of the molecule is Cc1cccc2c1C1(CCC2C(=O)O)CC1. The first-order chi connectivity index (χ1) is 7.64. The number of rotatable bonds is 1. The van der Waals surface area contributed by atoms with E-state index in [1.165, 1.54) is 24.0 Å². The van der Waals surface area contributed by atoms with Gasteiger partial charge in [-0.1, -0.05) is 18.2 Å². The summed E-state index contributed by atoms with van der Waals surface area (Å²) in [5, 5.41) is 9.27. The molecule has 1 fully saturated rings. The summed E-state index contributed by atoms with van der Waals surface area (Å²) in [5.41, 5.74) is 4.07. The molecule has 1 unspecified atom stereocenters. The van der Waals surface area contributed by atoms with Crippen LogP contribution in [-0.2, 0) is 10.2 Å². The zero-order valence-corrected chi connectivity index (χ0v) is 9.49. The van der Waals surface area contributed by atoms with Gasteiger partial charge in [-0.05, 0) is 54.7 Å². The van der Waals surface area contributed by atoms with Gasteiger partial charge in [0.2, 0.25) is 0 Å². The molecule has 0 heterocycles. The van der Waals surface area contributed by atoms with Crippen molar-refractivity contribution in [3.63, 3.8) is 0 Å². The summed E-state index contributed by atoms with van der Waals surface area (Å²) in [6.45, 7) is 2.11. The lowest BCUT2D eigenvalue weighted by Gasteiger charge is -2.31. The highest BCUT2D eigenvalue weighted by Gasteiger charge is 2.50. The zero-order valence-electron chi connectivity index (χ0n) is 9.49. The molecular weight excluding hydrogens is 200 g/mol. The first-order valence-electron chi connectivity index (χ1n) is 5.97. The summed E-state index contributed by atoms with van der Waals surface area (Å²) < 4.78 is 0. The van der Waals surface area contributed by atoms with E-state index in [1.54, 1.807) is 0 Å². The van der Waals surface area contributed by atoms with Crippen LogP contribution in [0.4, 0.5) is 0 Å². The van der Waals surface area contributed by atoms with Crippen LogP contribution in [0.5, 0.6) is 0 Å². The molecule has 84 valence electrons. The highest BCUT2D eigenvalue weighted by atomic mass is 16.4. The van der Waals surface area contributed by atoms with Gasteiger partial charge in [-0.3, -0.25) is 4.79 Å². The molecule has 1 spiro atoms. The molecular formula is C14H16O2. The minimum absolute atomic E-state index is 0.277. The number of aryl methyl sites for hydroxylation is 1. The third-order valence-electron chi connectivity index (χ3n) is 4.27. The summed E-state index contributed by atoms with van der Waals surface area (Å²) in [6.07, 6.45) is 4.36. The lowest BCUT2D eigenvalue weighted by atomic mass is 9.73. The summed E-state index contributed by atoms with van der Waals surface area (Å²) >= 11 is 0. The van der Waals surface area contributed by atoms with E-state index in [4.69, 9.17) is 0 Å². The highest BCUT2D eigenvalue weighted by molar-refractivity contribution is 5.78. The summed E-state index contributed by atoms with van der Waals surface area (Å²) in [5.74, 6) is -0.941. The van der Waals surface area contributed by atoms with Gasteiger partial charge in [0, 0.05) is 0 Å². The maximum Gasteiger partial charge on any atom is 0.310 e. The molecule has 0 aliphatic heterocycles. The van der Waals surface area contributed by atoms with Crippen LogP contribution in [0.2, 0.25) is 0 Å². The number of fused-ring (bicyclic) bond motifs is 2. The Hall–Kier alpha value is -1.31. The normalized spacial score (nSPS) is 25.2. The Morgan fingerprint density at radius 3 is 2.75 bits per heavy atom. The second kappa shape index (κ2) is 3.09. The lowest BCUT2D eigenvalue weighted by Crippen LogP contribution is -2.25. The Morgan fingerprint density at radius 1 is 1.38 bits per heavy atom. The molecule has 2 heteroatoms. The molecule has 0 amide bonds. The predicted octanol–water partition coefficient (Wildman–Crippen LogP) is 2.99. The lowest BCUT2D eigenvalue weighted by molar-refractivity contribution is -0.139. The van der Waals surface area contributed by atoms with Gasteiger partial charge in [-0.25, -0.2) is 0 Å². The molecule has 2 aliphatic rings. The standard InChI is InChI=1S/C14H16O2/c1-9-3-2-4-10-11(13(15)16)5-6-14(7-8-14)12(9)10/h2-4,11H,5-8H2,1H3,(H,15,16). The fourth-order valence-electron chi connectivity index (χ4n) is 3.31. The van der Waals surface area contributed by atoms with Crippen molar-refractivity contribution >= 4 is 5.97 Å². The largest absolute Gasteiger partial charge is 0.481 e. The van der Waals surface area contributed by atoms with Crippen LogP contribution in [0, 0.1) is 6.92 Å². The molecule has 1 aromatic carbocycles. The van der Waals surface area contributed by atoms with E-state index in [2.05, 4.69) is 13.0 Å². The van der Waals surface area contributed by atoms with Gasteiger partial charge >= 0.3 is 5.97 Å². The minimum atomic E-state index is -0.664. The average molecular weight is 216 g/mol. The smallest absolute Gasteiger partial charge is 0.310 e. The van der Waals surface area contributed by atoms with Crippen LogP contribution in [0.15, 0.2) is 18.2 Å². The molecule has 0 saturated heterocycles. The van der Waals surface area contributed by atoms with Crippen LogP contribution >= 0.6 is 0 Å². The van der Waals surface area contributed by atoms with Crippen molar-refractivity contribution in [2.75, 3.05) is 0 Å². The number of carboxylic acid groups (broad SMARTS) is 1. The zero-order chi connectivity index (χ0) is 11.3. The molecule has 2 nitrogen and oxygen atoms in total. The third kappa shape index (κ3) is 1.22. The van der Waals surface area contributed by atoms with Gasteiger partial charge in [0.1, 0.15) is 0 Å². The Bertz CT molecular complexity index is 458. The Kier molecular flexibility index (Phi) is 1.91. The molecule has 0 aromatic heterocycles. The van der Waals surface area contributed by atoms with Gasteiger partial charge in [-0.2, -0.15) is 0 Å². The molecule has 0 bridgehead atoms. The summed E-state index contributed by atoms with van der Waals surface area (Å²) in [7, 11) is 0. The van der Waals surface area contributed by atoms with Crippen molar-refractivity contribution < 1.29 is 9.90 Å². The maximum atomic E-state index is 11.3. The Labute approximate surface area is 95.3 Å². The molecule has 16 heavy (non-hydrogen) atoms. The number of carboxylic acids is 1. The van der Waals surface area contributed by atoms with Crippen molar-refractivity contribution in [3.05, 3.63) is 34.9 Å². The first-order valence-corrected chi connectivity index (χ1v) is 5.97. The van der Waals surface area contributed by atoms with E-state index in [9.17, 15) is 9.90 Å². The van der Waals surface area contributed by atoms with Crippen molar-refractivity contribution in [2.24, 2.45) is 0 Å². The van der Waals surface area contributed by atoms with Crippen molar-refractivity contribution in [2.45, 2.75) is 43.9 Å². The topological polar surface area (TPSA) is 37.3 Å². The number of carbonyl (C=O) groups is 1. The van der Waals surface area contributed by atoms with Gasteiger partial charge in [0.05, 0.1) is 5.92 Å². The van der Waals surface area contributed by atoms with E-state index in [0.29, 0.717) is 5.41 Å². The Morgan fingerprint density at radius 2 is 2.12 bits per heavy atom. The fourth-order valence-corrected chi connectivity index (χ4v) is 3.31. The van der Waals surface area contributed by atoms with E-state index in [-0.39, 0.29) is 5.92 Å². The fraction of sp³-hybridized carbons (Fsp3) is 0.500. The molecule has 3 rings (SSSR count). The van der Waals surface area contributed by atoms with E-state index in [0.717, 1.165) is 18.4 Å². The van der Waals surface area contributed by atoms with Crippen LogP contribution in [0.1, 0.15) is 48.3 Å². The predicted molar refractivity (Wildman–Crippen MR) is 61.7 cm³/mol. The maximum absolute atomic E-state index is 11.3. The van der Waals surface area contributed by atoms with E-state index >= 15 is 0 Å². The second-order valence-corrected chi connectivity index (χ2v) is 5.25. The quantitative estimate of drug-likeness (QED) is 0.783. The highest BCUT2D eigenvalue weighted by Crippen LogP contribution is 2.58. The van der Waals surface area contributed by atoms with Gasteiger partial charge in [0.25, 0.3) is 0 Å². The average Bonchev–Trinajstić information content (AvgIpc) is 2.98. The first kappa shape index (κ1) is 9.88. The monoisotopic (exact) mass is 216 g/mol. The van der Waals surface area contributed by atoms with E-state index in [1.807, 2.05) is 12.1 Å². The number of hydrogen-bond donors (Lipinski definition) is 1. The molecule has 0 radical (unpaired) electrons. The second-order valence-electron chi connectivity index (χ2n) is 5.25. The van der Waals surface area contributed by atoms with Gasteiger partial charge in [0.15, 0.2) is 0 Å². The van der Waals surface area contributed by atoms with Gasteiger partial charge in [-0.15, -0.1) is 0 Å². The summed E-state index contributed by atoms with van der Waals surface area (Å²) in [4.78, 5) is 11.3. The molecule has 1 N–H and O–H groups in total. The number of aliphatic carboxylic acids is 1. The molecule has 1 saturated carbocycles. The van der Waals surface area contributed by atoms with Crippen molar-refractivity contribution in [1.82, 2.24) is 0 Å². The molecule has 2 aliphatic carbocycles. The molecule has 1 aromatic rings. The Balaban J connectivity index is 2.18. The van der Waals surface area contributed by atoms with Crippen LogP contribution in [0.25, 0.3) is 0 Å². The third-order valence-corrected chi connectivity index (χ3v) is 4.27. The van der Waals surface area contributed by atoms with Crippen molar-refractivity contribution in [3.8, 4) is 0 Å². The van der Waals surface area contributed by atoms with Gasteiger partial charge < -0.3 is 5.11 Å². The van der Waals surface area contributed by atoms with Crippen LogP contribution in [0.3, 0.4) is 0 Å². The minimum Gasteiger partial charge on any atom is -0.481 e. The molecule has 1 atom stereocenters. The van der Waals surface area contributed by atoms with Crippen LogP contribution in [-0.4, -0.2) is 11.1 Å². The van der Waals surface area contributed by atoms with E-state index < -0.39 is 5.97 Å². The summed E-state index contributed by atoms with van der Waals surface area (Å²) in [6, 6.07) is 6.12.